The van der Waals surface area contributed by atoms with Gasteiger partial charge in [0.15, 0.2) is 0 Å². The molecule has 1 saturated carbocycles. The number of halogens is 1. The van der Waals surface area contributed by atoms with Crippen LogP contribution in [0.15, 0.2) is 24.3 Å². The third-order valence-electron chi connectivity index (χ3n) is 4.70. The Morgan fingerprint density at radius 2 is 2.04 bits per heavy atom. The first kappa shape index (κ1) is 17.6. The highest BCUT2D eigenvalue weighted by atomic mass is 32.2. The molecule has 1 aliphatic heterocycles. The largest absolute Gasteiger partial charge is 0.492 e. The molecule has 0 amide bonds. The summed E-state index contributed by atoms with van der Waals surface area (Å²) in [5, 5.41) is 0. The number of sulfonamides is 1. The second-order valence-electron chi connectivity index (χ2n) is 6.51. The van der Waals surface area contributed by atoms with Crippen LogP contribution in [-0.2, 0) is 14.8 Å². The fourth-order valence-electron chi connectivity index (χ4n) is 3.51. The molecule has 2 aliphatic rings. The van der Waals surface area contributed by atoms with Crippen molar-refractivity contribution in [3.63, 3.8) is 0 Å². The molecule has 1 aliphatic carbocycles. The molecule has 0 spiro atoms. The number of likely N-dealkylation sites (N-methyl/N-ethyl adjacent to an activating group) is 1. The molecule has 1 heterocycles. The van der Waals surface area contributed by atoms with Crippen LogP contribution in [0, 0.1) is 11.7 Å². The summed E-state index contributed by atoms with van der Waals surface area (Å²) < 4.78 is 51.3. The van der Waals surface area contributed by atoms with Gasteiger partial charge >= 0.3 is 0 Å². The highest BCUT2D eigenvalue weighted by Gasteiger charge is 2.55. The SMILES string of the molecule is CN(C)[C@@H]1[C@@H](NS(=O)(=O)CCOc2ccc(F)cc2)[C@H]2CCO[C@H]21. The van der Waals surface area contributed by atoms with Gasteiger partial charge in [0.2, 0.25) is 10.0 Å². The van der Waals surface area contributed by atoms with Crippen LogP contribution < -0.4 is 9.46 Å². The first-order valence-electron chi connectivity index (χ1n) is 8.04. The predicted octanol–water partition coefficient (Wildman–Crippen LogP) is 0.841. The Kier molecular flexibility index (Phi) is 5.10. The topological polar surface area (TPSA) is 67.9 Å². The zero-order chi connectivity index (χ0) is 17.3. The summed E-state index contributed by atoms with van der Waals surface area (Å²) in [5.74, 6) is 0.194. The molecule has 0 bridgehead atoms. The van der Waals surface area contributed by atoms with Crippen LogP contribution in [0.3, 0.4) is 0 Å². The van der Waals surface area contributed by atoms with Crippen LogP contribution in [0.5, 0.6) is 5.75 Å². The molecule has 1 aromatic rings. The standard InChI is InChI=1S/C16H23FN2O4S/c1-19(2)15-14(13-7-8-23-16(13)15)18-24(20,21)10-9-22-12-5-3-11(17)4-6-12/h3-6,13-16,18H,7-10H2,1-2H3/t13-,14+,15-,16-/m1/s1. The average molecular weight is 358 g/mol. The molecule has 8 heteroatoms. The number of nitrogens with zero attached hydrogens (tertiary/aromatic N) is 1. The molecule has 3 rings (SSSR count). The van der Waals surface area contributed by atoms with Crippen LogP contribution in [0.25, 0.3) is 0 Å². The van der Waals surface area contributed by atoms with E-state index >= 15 is 0 Å². The smallest absolute Gasteiger partial charge is 0.215 e. The van der Waals surface area contributed by atoms with Gasteiger partial charge in [0, 0.05) is 18.6 Å². The van der Waals surface area contributed by atoms with Gasteiger partial charge in [0.05, 0.1) is 17.9 Å². The number of rotatable bonds is 7. The van der Waals surface area contributed by atoms with Crippen LogP contribution in [0.2, 0.25) is 0 Å². The lowest BCUT2D eigenvalue weighted by Crippen LogP contribution is -2.69. The van der Waals surface area contributed by atoms with Crippen molar-refractivity contribution >= 4 is 10.0 Å². The lowest BCUT2D eigenvalue weighted by atomic mass is 9.71. The summed E-state index contributed by atoms with van der Waals surface area (Å²) >= 11 is 0. The van der Waals surface area contributed by atoms with Gasteiger partial charge in [-0.1, -0.05) is 0 Å². The van der Waals surface area contributed by atoms with Gasteiger partial charge < -0.3 is 14.4 Å². The van der Waals surface area contributed by atoms with E-state index in [1.165, 1.54) is 24.3 Å². The van der Waals surface area contributed by atoms with Crippen molar-refractivity contribution < 1.29 is 22.3 Å². The van der Waals surface area contributed by atoms with Crippen molar-refractivity contribution in [2.24, 2.45) is 5.92 Å². The molecule has 1 aromatic carbocycles. The number of hydrogen-bond acceptors (Lipinski definition) is 5. The highest BCUT2D eigenvalue weighted by molar-refractivity contribution is 7.89. The van der Waals surface area contributed by atoms with Crippen LogP contribution in [-0.4, -0.2) is 64.6 Å². The first-order valence-corrected chi connectivity index (χ1v) is 9.69. The number of fused-ring (bicyclic) bond motifs is 1. The molecule has 1 N–H and O–H groups in total. The third kappa shape index (κ3) is 3.72. The van der Waals surface area contributed by atoms with Gasteiger partial charge in [-0.25, -0.2) is 17.5 Å². The summed E-state index contributed by atoms with van der Waals surface area (Å²) in [6.07, 6.45) is 0.997. The van der Waals surface area contributed by atoms with Crippen molar-refractivity contribution in [2.75, 3.05) is 33.1 Å². The minimum absolute atomic E-state index is 0.0188. The van der Waals surface area contributed by atoms with Crippen molar-refractivity contribution in [3.8, 4) is 5.75 Å². The van der Waals surface area contributed by atoms with Crippen molar-refractivity contribution in [3.05, 3.63) is 30.1 Å². The molecule has 1 saturated heterocycles. The second kappa shape index (κ2) is 6.95. The molecule has 24 heavy (non-hydrogen) atoms. The third-order valence-corrected chi connectivity index (χ3v) is 6.03. The lowest BCUT2D eigenvalue weighted by molar-refractivity contribution is -0.0626. The maximum absolute atomic E-state index is 12.8. The van der Waals surface area contributed by atoms with Crippen molar-refractivity contribution in [2.45, 2.75) is 24.6 Å². The molecule has 0 radical (unpaired) electrons. The minimum Gasteiger partial charge on any atom is -0.492 e. The van der Waals surface area contributed by atoms with Gasteiger partial charge in [0.25, 0.3) is 0 Å². The van der Waals surface area contributed by atoms with Crippen molar-refractivity contribution in [1.29, 1.82) is 0 Å². The zero-order valence-electron chi connectivity index (χ0n) is 13.8. The Morgan fingerprint density at radius 1 is 1.33 bits per heavy atom. The second-order valence-corrected chi connectivity index (χ2v) is 8.38. The average Bonchev–Trinajstić information content (AvgIpc) is 2.90. The van der Waals surface area contributed by atoms with Crippen LogP contribution >= 0.6 is 0 Å². The Bertz CT molecular complexity index is 665. The number of hydrogen-bond donors (Lipinski definition) is 1. The van der Waals surface area contributed by atoms with E-state index in [4.69, 9.17) is 9.47 Å². The molecule has 134 valence electrons. The Morgan fingerprint density at radius 3 is 2.71 bits per heavy atom. The Labute approximate surface area is 142 Å². The maximum atomic E-state index is 12.8. The fourth-order valence-corrected chi connectivity index (χ4v) is 4.66. The normalized spacial score (nSPS) is 29.3. The van der Waals surface area contributed by atoms with E-state index in [0.717, 1.165) is 6.42 Å². The fraction of sp³-hybridized carbons (Fsp3) is 0.625. The minimum atomic E-state index is -3.46. The summed E-state index contributed by atoms with van der Waals surface area (Å²) in [5.41, 5.74) is 0. The van der Waals surface area contributed by atoms with Gasteiger partial charge in [0.1, 0.15) is 18.2 Å². The van der Waals surface area contributed by atoms with E-state index < -0.39 is 10.0 Å². The van der Waals surface area contributed by atoms with E-state index in [0.29, 0.717) is 12.4 Å². The quantitative estimate of drug-likeness (QED) is 0.782. The van der Waals surface area contributed by atoms with Gasteiger partial charge in [-0.15, -0.1) is 0 Å². The van der Waals surface area contributed by atoms with E-state index in [1.807, 2.05) is 19.0 Å². The molecule has 2 fully saturated rings. The van der Waals surface area contributed by atoms with E-state index in [9.17, 15) is 12.8 Å². The summed E-state index contributed by atoms with van der Waals surface area (Å²) in [7, 11) is 0.408. The molecular formula is C16H23FN2O4S. The lowest BCUT2D eigenvalue weighted by Gasteiger charge is -2.50. The van der Waals surface area contributed by atoms with Crippen LogP contribution in [0.1, 0.15) is 6.42 Å². The Balaban J connectivity index is 1.53. The number of ether oxygens (including phenoxy) is 2. The molecule has 0 aromatic heterocycles. The predicted molar refractivity (Wildman–Crippen MR) is 87.9 cm³/mol. The highest BCUT2D eigenvalue weighted by Crippen LogP contribution is 2.41. The van der Waals surface area contributed by atoms with E-state index in [1.54, 1.807) is 0 Å². The first-order chi connectivity index (χ1) is 11.4. The maximum Gasteiger partial charge on any atom is 0.215 e. The molecule has 4 atom stereocenters. The number of nitrogens with one attached hydrogen (secondary N) is 1. The molecule has 6 nitrogen and oxygen atoms in total. The Hall–Kier alpha value is -1.22. The van der Waals surface area contributed by atoms with Gasteiger partial charge in [-0.2, -0.15) is 0 Å². The summed E-state index contributed by atoms with van der Waals surface area (Å²) in [6, 6.07) is 5.44. The summed E-state index contributed by atoms with van der Waals surface area (Å²) in [4.78, 5) is 2.01. The zero-order valence-corrected chi connectivity index (χ0v) is 14.6. The number of benzene rings is 1. The summed E-state index contributed by atoms with van der Waals surface area (Å²) in [6.45, 7) is 0.705. The van der Waals surface area contributed by atoms with Crippen LogP contribution in [0.4, 0.5) is 4.39 Å². The molecular weight excluding hydrogens is 335 g/mol. The van der Waals surface area contributed by atoms with Gasteiger partial charge in [-0.3, -0.25) is 0 Å². The monoisotopic (exact) mass is 358 g/mol. The van der Waals surface area contributed by atoms with E-state index in [2.05, 4.69) is 4.72 Å². The molecule has 0 unspecified atom stereocenters. The van der Waals surface area contributed by atoms with Gasteiger partial charge in [-0.05, 0) is 44.8 Å². The van der Waals surface area contributed by atoms with E-state index in [-0.39, 0.29) is 42.3 Å². The van der Waals surface area contributed by atoms with Crippen molar-refractivity contribution in [1.82, 2.24) is 9.62 Å².